The first-order valence-corrected chi connectivity index (χ1v) is 6.40. The number of hydrogen-bond acceptors (Lipinski definition) is 3. The lowest BCUT2D eigenvalue weighted by molar-refractivity contribution is -0.138. The number of hydrogen-bond donors (Lipinski definition) is 1. The van der Waals surface area contributed by atoms with Crippen molar-refractivity contribution in [2.24, 2.45) is 0 Å². The Balaban J connectivity index is 3.20. The van der Waals surface area contributed by atoms with Crippen molar-refractivity contribution in [2.45, 2.75) is 17.7 Å². The molecule has 82 valence electrons. The van der Waals surface area contributed by atoms with Gasteiger partial charge in [-0.3, -0.25) is 4.79 Å². The van der Waals surface area contributed by atoms with E-state index in [1.807, 2.05) is 0 Å². The highest BCUT2D eigenvalue weighted by atomic mass is 35.7. The summed E-state index contributed by atoms with van der Waals surface area (Å²) in [5.41, 5.74) is 0.407. The Hall–Kier alpha value is -1.07. The van der Waals surface area contributed by atoms with Crippen LogP contribution in [0.1, 0.15) is 18.4 Å². The van der Waals surface area contributed by atoms with Gasteiger partial charge in [0.25, 0.3) is 9.05 Å². The lowest BCUT2D eigenvalue weighted by Crippen LogP contribution is -2.07. The second kappa shape index (κ2) is 4.20. The molecule has 0 saturated heterocycles. The van der Waals surface area contributed by atoms with E-state index in [1.54, 1.807) is 6.07 Å². The summed E-state index contributed by atoms with van der Waals surface area (Å²) >= 11 is 0. The second-order valence-electron chi connectivity index (χ2n) is 3.07. The maximum atomic E-state index is 11.0. The van der Waals surface area contributed by atoms with Crippen LogP contribution < -0.4 is 0 Å². The standard InChI is InChI=1S/C9H9ClO4S/c1-6(9(11)12)7-3-2-4-8(5-7)15(10,13)14/h2-6H,1H3,(H,11,12). The van der Waals surface area contributed by atoms with E-state index >= 15 is 0 Å². The molecule has 0 aliphatic rings. The van der Waals surface area contributed by atoms with E-state index in [-0.39, 0.29) is 4.90 Å². The summed E-state index contributed by atoms with van der Waals surface area (Å²) in [4.78, 5) is 10.6. The minimum atomic E-state index is -3.81. The van der Waals surface area contributed by atoms with Gasteiger partial charge in [-0.25, -0.2) is 8.42 Å². The zero-order chi connectivity index (χ0) is 11.6. The fourth-order valence-electron chi connectivity index (χ4n) is 1.08. The molecule has 1 aromatic rings. The summed E-state index contributed by atoms with van der Waals surface area (Å²) in [6.07, 6.45) is 0. The molecular weight excluding hydrogens is 240 g/mol. The molecule has 0 radical (unpaired) electrons. The van der Waals surface area contributed by atoms with Crippen molar-refractivity contribution in [1.29, 1.82) is 0 Å². The molecule has 0 fully saturated rings. The van der Waals surface area contributed by atoms with E-state index in [2.05, 4.69) is 0 Å². The number of carboxylic acid groups (broad SMARTS) is 1. The van der Waals surface area contributed by atoms with Gasteiger partial charge in [0.05, 0.1) is 10.8 Å². The number of carbonyl (C=O) groups is 1. The molecule has 1 unspecified atom stereocenters. The van der Waals surface area contributed by atoms with E-state index in [0.29, 0.717) is 5.56 Å². The van der Waals surface area contributed by atoms with Gasteiger partial charge in [-0.1, -0.05) is 12.1 Å². The molecule has 0 spiro atoms. The predicted octanol–water partition coefficient (Wildman–Crippen LogP) is 1.80. The van der Waals surface area contributed by atoms with Gasteiger partial charge in [0, 0.05) is 10.7 Å². The number of carboxylic acids is 1. The Kier molecular flexibility index (Phi) is 3.36. The van der Waals surface area contributed by atoms with Crippen molar-refractivity contribution >= 4 is 25.7 Å². The van der Waals surface area contributed by atoms with Crippen molar-refractivity contribution < 1.29 is 18.3 Å². The number of aliphatic carboxylic acids is 1. The minimum absolute atomic E-state index is 0.0882. The molecule has 1 rings (SSSR count). The van der Waals surface area contributed by atoms with Gasteiger partial charge in [0.2, 0.25) is 0 Å². The third kappa shape index (κ3) is 2.94. The van der Waals surface area contributed by atoms with Gasteiger partial charge >= 0.3 is 5.97 Å². The molecule has 4 nitrogen and oxygen atoms in total. The van der Waals surface area contributed by atoms with E-state index < -0.39 is 20.9 Å². The highest BCUT2D eigenvalue weighted by Crippen LogP contribution is 2.21. The van der Waals surface area contributed by atoms with Crippen LogP contribution in [0.15, 0.2) is 29.2 Å². The zero-order valence-electron chi connectivity index (χ0n) is 7.84. The monoisotopic (exact) mass is 248 g/mol. The van der Waals surface area contributed by atoms with Gasteiger partial charge in [0.15, 0.2) is 0 Å². The maximum absolute atomic E-state index is 11.0. The SMILES string of the molecule is CC(C(=O)O)c1cccc(S(=O)(=O)Cl)c1. The van der Waals surface area contributed by atoms with E-state index in [0.717, 1.165) is 0 Å². The first kappa shape index (κ1) is 12.0. The summed E-state index contributed by atoms with van der Waals surface area (Å²) in [6.45, 7) is 1.47. The topological polar surface area (TPSA) is 71.4 Å². The number of halogens is 1. The van der Waals surface area contributed by atoms with Crippen LogP contribution in [0.3, 0.4) is 0 Å². The van der Waals surface area contributed by atoms with Crippen LogP contribution in [0.4, 0.5) is 0 Å². The summed E-state index contributed by atoms with van der Waals surface area (Å²) in [5, 5.41) is 8.75. The van der Waals surface area contributed by atoms with Crippen LogP contribution in [0.2, 0.25) is 0 Å². The first-order chi connectivity index (χ1) is 6.82. The molecule has 6 heteroatoms. The molecular formula is C9H9ClO4S. The lowest BCUT2D eigenvalue weighted by atomic mass is 10.0. The van der Waals surface area contributed by atoms with Crippen molar-refractivity contribution in [3.8, 4) is 0 Å². The smallest absolute Gasteiger partial charge is 0.310 e. The third-order valence-electron chi connectivity index (χ3n) is 2.01. The zero-order valence-corrected chi connectivity index (χ0v) is 9.42. The molecule has 1 atom stereocenters. The molecule has 0 bridgehead atoms. The Bertz CT molecular complexity index is 481. The third-order valence-corrected chi connectivity index (χ3v) is 3.36. The van der Waals surface area contributed by atoms with Crippen LogP contribution in [-0.4, -0.2) is 19.5 Å². The Morgan fingerprint density at radius 2 is 2.07 bits per heavy atom. The highest BCUT2D eigenvalue weighted by molar-refractivity contribution is 8.13. The summed E-state index contributed by atoms with van der Waals surface area (Å²) in [6, 6.07) is 5.59. The normalized spacial score (nSPS) is 13.5. The molecule has 1 N–H and O–H groups in total. The minimum Gasteiger partial charge on any atom is -0.481 e. The van der Waals surface area contributed by atoms with Gasteiger partial charge in [-0.2, -0.15) is 0 Å². The van der Waals surface area contributed by atoms with E-state index in [9.17, 15) is 13.2 Å². The maximum Gasteiger partial charge on any atom is 0.310 e. The number of benzene rings is 1. The fourth-order valence-corrected chi connectivity index (χ4v) is 1.88. The van der Waals surface area contributed by atoms with Crippen molar-refractivity contribution in [3.05, 3.63) is 29.8 Å². The van der Waals surface area contributed by atoms with Crippen LogP contribution >= 0.6 is 10.7 Å². The quantitative estimate of drug-likeness (QED) is 0.828. The van der Waals surface area contributed by atoms with Gasteiger partial charge in [-0.15, -0.1) is 0 Å². The van der Waals surface area contributed by atoms with Crippen LogP contribution in [0.5, 0.6) is 0 Å². The molecule has 0 aliphatic carbocycles. The Morgan fingerprint density at radius 1 is 1.47 bits per heavy atom. The summed E-state index contributed by atoms with van der Waals surface area (Å²) < 4.78 is 22.0. The van der Waals surface area contributed by atoms with E-state index in [1.165, 1.54) is 25.1 Å². The Morgan fingerprint density at radius 3 is 2.53 bits per heavy atom. The summed E-state index contributed by atoms with van der Waals surface area (Å²) in [7, 11) is 1.33. The average Bonchev–Trinajstić information content (AvgIpc) is 2.15. The molecule has 0 saturated carbocycles. The van der Waals surface area contributed by atoms with Crippen LogP contribution in [-0.2, 0) is 13.8 Å². The van der Waals surface area contributed by atoms with Crippen molar-refractivity contribution in [3.63, 3.8) is 0 Å². The molecule has 0 aliphatic heterocycles. The highest BCUT2D eigenvalue weighted by Gasteiger charge is 2.16. The number of rotatable bonds is 3. The predicted molar refractivity (Wildman–Crippen MR) is 55.5 cm³/mol. The lowest BCUT2D eigenvalue weighted by Gasteiger charge is -2.07. The van der Waals surface area contributed by atoms with Gasteiger partial charge in [-0.05, 0) is 24.6 Å². The summed E-state index contributed by atoms with van der Waals surface area (Å²) in [5.74, 6) is -1.78. The molecule has 0 aromatic heterocycles. The average molecular weight is 249 g/mol. The van der Waals surface area contributed by atoms with E-state index in [4.69, 9.17) is 15.8 Å². The van der Waals surface area contributed by atoms with Crippen LogP contribution in [0.25, 0.3) is 0 Å². The molecule has 0 amide bonds. The van der Waals surface area contributed by atoms with Crippen molar-refractivity contribution in [2.75, 3.05) is 0 Å². The molecule has 0 heterocycles. The largest absolute Gasteiger partial charge is 0.481 e. The second-order valence-corrected chi connectivity index (χ2v) is 5.64. The molecule has 15 heavy (non-hydrogen) atoms. The van der Waals surface area contributed by atoms with Crippen LogP contribution in [0, 0.1) is 0 Å². The Labute approximate surface area is 91.9 Å². The van der Waals surface area contributed by atoms with Gasteiger partial charge < -0.3 is 5.11 Å². The van der Waals surface area contributed by atoms with Gasteiger partial charge in [0.1, 0.15) is 0 Å². The first-order valence-electron chi connectivity index (χ1n) is 4.10. The molecule has 1 aromatic carbocycles. The van der Waals surface area contributed by atoms with Crippen molar-refractivity contribution in [1.82, 2.24) is 0 Å². The fraction of sp³-hybridized carbons (Fsp3) is 0.222.